The fourth-order valence-electron chi connectivity index (χ4n) is 6.28. The summed E-state index contributed by atoms with van der Waals surface area (Å²) in [4.78, 5) is 18.6. The molecule has 1 saturated carbocycles. The fraction of sp³-hybridized carbons (Fsp3) is 0.500. The van der Waals surface area contributed by atoms with Crippen LogP contribution in [0.5, 0.6) is 5.75 Å². The number of thioether (sulfide) groups is 1. The van der Waals surface area contributed by atoms with Gasteiger partial charge in [0.05, 0.1) is 54.5 Å². The van der Waals surface area contributed by atoms with Crippen LogP contribution in [-0.2, 0) is 19.8 Å². The van der Waals surface area contributed by atoms with E-state index in [1.165, 1.54) is 31.7 Å². The van der Waals surface area contributed by atoms with Crippen LogP contribution in [0.2, 0.25) is 0 Å². The number of aryl methyl sites for hydroxylation is 2. The number of hydrogen-bond acceptors (Lipinski definition) is 9. The molecule has 4 aromatic rings. The maximum absolute atomic E-state index is 13.9. The molecule has 3 aromatic heterocycles. The van der Waals surface area contributed by atoms with E-state index in [-0.39, 0.29) is 12.1 Å². The maximum Gasteiger partial charge on any atom is 0.416 e. The second kappa shape index (κ2) is 14.8. The lowest BCUT2D eigenvalue weighted by Gasteiger charge is -2.33. The van der Waals surface area contributed by atoms with Crippen LogP contribution in [-0.4, -0.2) is 56.4 Å². The van der Waals surface area contributed by atoms with Gasteiger partial charge in [0.15, 0.2) is 11.4 Å². The van der Waals surface area contributed by atoms with Crippen molar-refractivity contribution in [2.75, 3.05) is 41.5 Å². The Kier molecular flexibility index (Phi) is 10.8. The first-order chi connectivity index (χ1) is 22.5. The molecule has 0 saturated heterocycles. The summed E-state index contributed by atoms with van der Waals surface area (Å²) in [6.45, 7) is 8.22. The van der Waals surface area contributed by atoms with Crippen LogP contribution in [0, 0.1) is 24.2 Å². The lowest BCUT2D eigenvalue weighted by atomic mass is 9.99. The van der Waals surface area contributed by atoms with Crippen LogP contribution in [0.3, 0.4) is 0 Å². The third-order valence-corrected chi connectivity index (χ3v) is 9.39. The summed E-state index contributed by atoms with van der Waals surface area (Å²) in [6.07, 6.45) is 5.36. The maximum atomic E-state index is 13.9. The first kappa shape index (κ1) is 34.3. The van der Waals surface area contributed by atoms with Crippen LogP contribution in [0.25, 0.3) is 11.0 Å². The number of halogens is 3. The molecule has 1 aliphatic rings. The topological polar surface area (TPSA) is 96.0 Å². The zero-order valence-corrected chi connectivity index (χ0v) is 28.3. The third-order valence-electron chi connectivity index (χ3n) is 8.82. The van der Waals surface area contributed by atoms with Gasteiger partial charge in [-0.15, -0.1) is 0 Å². The van der Waals surface area contributed by atoms with Gasteiger partial charge in [0.2, 0.25) is 5.95 Å². The molecule has 0 aliphatic heterocycles. The lowest BCUT2D eigenvalue weighted by molar-refractivity contribution is -0.137. The zero-order chi connectivity index (χ0) is 33.7. The SMILES string of the molecule is CCN(CC1CCCC1)c1nc2c(cc1CN(c1ncc(OCCSC)cn1)C(C)c1cc(C#N)cc(C(F)(F)F)c1)c(C)nn2C. The highest BCUT2D eigenvalue weighted by molar-refractivity contribution is 7.98. The highest BCUT2D eigenvalue weighted by Gasteiger charge is 2.33. The normalized spacial score (nSPS) is 14.4. The van der Waals surface area contributed by atoms with Gasteiger partial charge < -0.3 is 14.5 Å². The van der Waals surface area contributed by atoms with Crippen LogP contribution in [0.1, 0.15) is 73.5 Å². The molecule has 3 heterocycles. The first-order valence-corrected chi connectivity index (χ1v) is 17.3. The monoisotopic (exact) mass is 666 g/mol. The number of hydrogen-bond donors (Lipinski definition) is 0. The highest BCUT2D eigenvalue weighted by atomic mass is 32.2. The molecule has 0 radical (unpaired) electrons. The molecule has 5 rings (SSSR count). The summed E-state index contributed by atoms with van der Waals surface area (Å²) in [5.74, 6) is 3.01. The minimum atomic E-state index is -4.61. The Bertz CT molecular complexity index is 1710. The molecule has 0 bridgehead atoms. The number of nitriles is 1. The number of aromatic nitrogens is 5. The fourth-order valence-corrected chi connectivity index (χ4v) is 6.53. The van der Waals surface area contributed by atoms with Gasteiger partial charge in [0.25, 0.3) is 0 Å². The molecule has 1 unspecified atom stereocenters. The van der Waals surface area contributed by atoms with Gasteiger partial charge in [-0.2, -0.15) is 35.3 Å². The quantitative estimate of drug-likeness (QED) is 0.135. The molecule has 250 valence electrons. The minimum absolute atomic E-state index is 0.0661. The Balaban J connectivity index is 1.62. The van der Waals surface area contributed by atoms with E-state index in [0.29, 0.717) is 29.8 Å². The van der Waals surface area contributed by atoms with Crippen molar-refractivity contribution < 1.29 is 17.9 Å². The largest absolute Gasteiger partial charge is 0.489 e. The van der Waals surface area contributed by atoms with E-state index in [0.717, 1.165) is 59.1 Å². The summed E-state index contributed by atoms with van der Waals surface area (Å²) < 4.78 is 49.4. The van der Waals surface area contributed by atoms with Crippen molar-refractivity contribution in [2.24, 2.45) is 13.0 Å². The molecular weight excluding hydrogens is 625 g/mol. The summed E-state index contributed by atoms with van der Waals surface area (Å²) in [5.41, 5.74) is 1.87. The Labute approximate surface area is 278 Å². The van der Waals surface area contributed by atoms with Gasteiger partial charge in [-0.05, 0) is 75.6 Å². The average molecular weight is 667 g/mol. The van der Waals surface area contributed by atoms with E-state index >= 15 is 0 Å². The molecular formula is C34H41F3N8OS. The van der Waals surface area contributed by atoms with E-state index in [1.807, 2.05) is 31.2 Å². The van der Waals surface area contributed by atoms with E-state index in [2.05, 4.69) is 33.0 Å². The summed E-state index contributed by atoms with van der Waals surface area (Å²) >= 11 is 1.66. The minimum Gasteiger partial charge on any atom is -0.489 e. The molecule has 0 amide bonds. The number of pyridine rings is 1. The number of rotatable bonds is 13. The van der Waals surface area contributed by atoms with Crippen LogP contribution in [0.15, 0.2) is 36.7 Å². The van der Waals surface area contributed by atoms with Gasteiger partial charge in [-0.1, -0.05) is 12.8 Å². The van der Waals surface area contributed by atoms with Crippen molar-refractivity contribution in [3.05, 3.63) is 64.6 Å². The molecule has 9 nitrogen and oxygen atoms in total. The van der Waals surface area contributed by atoms with E-state index in [1.54, 1.807) is 35.8 Å². The van der Waals surface area contributed by atoms with Crippen molar-refractivity contribution in [3.8, 4) is 11.8 Å². The first-order valence-electron chi connectivity index (χ1n) is 15.9. The van der Waals surface area contributed by atoms with E-state index in [9.17, 15) is 18.4 Å². The Morgan fingerprint density at radius 1 is 1.15 bits per heavy atom. The molecule has 1 aliphatic carbocycles. The predicted molar refractivity (Wildman–Crippen MR) is 180 cm³/mol. The van der Waals surface area contributed by atoms with Crippen LogP contribution >= 0.6 is 11.8 Å². The third kappa shape index (κ3) is 7.92. The van der Waals surface area contributed by atoms with Gasteiger partial charge >= 0.3 is 6.18 Å². The van der Waals surface area contributed by atoms with Gasteiger partial charge in [-0.25, -0.2) is 15.0 Å². The lowest BCUT2D eigenvalue weighted by Crippen LogP contribution is -2.33. The molecule has 1 fully saturated rings. The number of alkyl halides is 3. The van der Waals surface area contributed by atoms with Crippen molar-refractivity contribution in [1.29, 1.82) is 5.26 Å². The van der Waals surface area contributed by atoms with Crippen molar-refractivity contribution in [3.63, 3.8) is 0 Å². The molecule has 1 aromatic carbocycles. The molecule has 0 N–H and O–H groups in total. The standard InChI is InChI=1S/C34H41F3N8OS/c1-6-44(20-24-9-7-8-10-24)31-27(16-30-22(2)42-43(4)32(30)41-31)21-45(33-39-18-29(19-40-33)46-11-12-47-5)23(3)26-13-25(17-38)14-28(15-26)34(35,36)37/h13-16,18-19,23-24H,6-12,20-21H2,1-5H3. The predicted octanol–water partition coefficient (Wildman–Crippen LogP) is 7.48. The van der Waals surface area contributed by atoms with E-state index < -0.39 is 17.8 Å². The number of benzene rings is 1. The van der Waals surface area contributed by atoms with Gasteiger partial charge in [0, 0.05) is 36.8 Å². The second-order valence-electron chi connectivity index (χ2n) is 12.1. The number of fused-ring (bicyclic) bond motifs is 1. The smallest absolute Gasteiger partial charge is 0.416 e. The number of nitrogens with zero attached hydrogens (tertiary/aromatic N) is 8. The zero-order valence-electron chi connectivity index (χ0n) is 27.5. The summed E-state index contributed by atoms with van der Waals surface area (Å²) in [6, 6.07) is 6.82. The molecule has 1 atom stereocenters. The highest BCUT2D eigenvalue weighted by Crippen LogP contribution is 2.36. The van der Waals surface area contributed by atoms with Crippen molar-refractivity contribution in [1.82, 2.24) is 24.7 Å². The van der Waals surface area contributed by atoms with Gasteiger partial charge in [0.1, 0.15) is 5.82 Å². The van der Waals surface area contributed by atoms with Crippen LogP contribution in [0.4, 0.5) is 24.9 Å². The molecule has 0 spiro atoms. The Morgan fingerprint density at radius 3 is 2.51 bits per heavy atom. The summed E-state index contributed by atoms with van der Waals surface area (Å²) in [5, 5.41) is 15.1. The van der Waals surface area contributed by atoms with E-state index in [4.69, 9.17) is 9.72 Å². The summed E-state index contributed by atoms with van der Waals surface area (Å²) in [7, 11) is 1.88. The second-order valence-corrected chi connectivity index (χ2v) is 13.0. The Morgan fingerprint density at radius 2 is 1.87 bits per heavy atom. The molecule has 47 heavy (non-hydrogen) atoms. The number of ether oxygens (including phenoxy) is 1. The van der Waals surface area contributed by atoms with Crippen LogP contribution < -0.4 is 14.5 Å². The van der Waals surface area contributed by atoms with Gasteiger partial charge in [-0.3, -0.25) is 4.68 Å². The molecule has 13 heteroatoms. The van der Waals surface area contributed by atoms with Crippen molar-refractivity contribution >= 4 is 34.6 Å². The Hall–Kier alpha value is -4.05. The van der Waals surface area contributed by atoms with Crippen molar-refractivity contribution in [2.45, 2.75) is 65.2 Å². The number of anilines is 2. The average Bonchev–Trinajstić information content (AvgIpc) is 3.68.